The van der Waals surface area contributed by atoms with Crippen LogP contribution in [0.4, 0.5) is 11.4 Å². The Hall–Kier alpha value is -1.76. The third kappa shape index (κ3) is 4.29. The Bertz CT molecular complexity index is 974. The highest BCUT2D eigenvalue weighted by Gasteiger charge is 2.36. The third-order valence-corrected chi connectivity index (χ3v) is 6.41. The maximum absolute atomic E-state index is 13.5. The van der Waals surface area contributed by atoms with Gasteiger partial charge in [0.1, 0.15) is 6.04 Å². The lowest BCUT2D eigenvalue weighted by Gasteiger charge is -2.36. The van der Waals surface area contributed by atoms with Crippen LogP contribution in [0.15, 0.2) is 42.5 Å². The number of benzene rings is 2. The number of aryl methyl sites for hydroxylation is 1. The summed E-state index contributed by atoms with van der Waals surface area (Å²) in [5, 5.41) is 0.614. The average molecular weight is 441 g/mol. The van der Waals surface area contributed by atoms with E-state index in [4.69, 9.17) is 23.2 Å². The Morgan fingerprint density at radius 1 is 1.18 bits per heavy atom. The number of carbonyl (C=O) groups excluding carboxylic acids is 1. The lowest BCUT2D eigenvalue weighted by atomic mass is 10.0. The topological polar surface area (TPSA) is 57.7 Å². The number of para-hydroxylation sites is 1. The van der Waals surface area contributed by atoms with Gasteiger partial charge in [-0.05, 0) is 49.1 Å². The molecule has 0 saturated heterocycles. The van der Waals surface area contributed by atoms with Crippen LogP contribution in [0, 0.1) is 0 Å². The van der Waals surface area contributed by atoms with Crippen LogP contribution in [0.25, 0.3) is 0 Å². The van der Waals surface area contributed by atoms with Crippen molar-refractivity contribution in [1.29, 1.82) is 0 Å². The van der Waals surface area contributed by atoms with Crippen molar-refractivity contribution in [2.75, 3.05) is 22.0 Å². The summed E-state index contributed by atoms with van der Waals surface area (Å²) in [6, 6.07) is 11.4. The molecule has 0 bridgehead atoms. The van der Waals surface area contributed by atoms with E-state index in [1.54, 1.807) is 11.8 Å². The van der Waals surface area contributed by atoms with Crippen LogP contribution in [0.5, 0.6) is 0 Å². The first kappa shape index (κ1) is 21.0. The molecule has 2 aromatic rings. The van der Waals surface area contributed by atoms with Gasteiger partial charge in [-0.2, -0.15) is 0 Å². The molecular weight excluding hydrogens is 419 g/mol. The monoisotopic (exact) mass is 440 g/mol. The average Bonchev–Trinajstić information content (AvgIpc) is 2.63. The largest absolute Gasteiger partial charge is 0.310 e. The van der Waals surface area contributed by atoms with E-state index in [9.17, 15) is 13.2 Å². The molecule has 5 nitrogen and oxygen atoms in total. The van der Waals surface area contributed by atoms with E-state index in [0.29, 0.717) is 23.0 Å². The van der Waals surface area contributed by atoms with Gasteiger partial charge in [0.15, 0.2) is 0 Å². The summed E-state index contributed by atoms with van der Waals surface area (Å²) >= 11 is 12.2. The molecular formula is C20H22Cl2N2O3S. The number of halogens is 2. The Kier molecular flexibility index (Phi) is 6.22. The lowest BCUT2D eigenvalue weighted by Crippen LogP contribution is -2.52. The summed E-state index contributed by atoms with van der Waals surface area (Å²) in [6.45, 7) is 2.35. The second kappa shape index (κ2) is 8.31. The van der Waals surface area contributed by atoms with Crippen molar-refractivity contribution < 1.29 is 13.2 Å². The maximum Gasteiger partial charge on any atom is 0.250 e. The second-order valence-corrected chi connectivity index (χ2v) is 9.56. The number of amides is 1. The van der Waals surface area contributed by atoms with Crippen molar-refractivity contribution in [2.45, 2.75) is 32.2 Å². The Balaban J connectivity index is 2.05. The van der Waals surface area contributed by atoms with Crippen LogP contribution in [0.3, 0.4) is 0 Å². The molecule has 1 atom stereocenters. The smallest absolute Gasteiger partial charge is 0.250 e. The van der Waals surface area contributed by atoms with E-state index >= 15 is 0 Å². The molecule has 0 aromatic heterocycles. The van der Waals surface area contributed by atoms with Gasteiger partial charge in [0.2, 0.25) is 10.0 Å². The van der Waals surface area contributed by atoms with Gasteiger partial charge >= 0.3 is 0 Å². The Morgan fingerprint density at radius 2 is 1.82 bits per heavy atom. The second-order valence-electron chi connectivity index (χ2n) is 6.83. The van der Waals surface area contributed by atoms with Crippen molar-refractivity contribution in [2.24, 2.45) is 0 Å². The van der Waals surface area contributed by atoms with Crippen LogP contribution in [0.1, 0.15) is 25.3 Å². The molecule has 0 saturated carbocycles. The fraction of sp³-hybridized carbons (Fsp3) is 0.350. The summed E-state index contributed by atoms with van der Waals surface area (Å²) in [4.78, 5) is 15.2. The number of hydrogen-bond donors (Lipinski definition) is 0. The molecule has 1 heterocycles. The fourth-order valence-electron chi connectivity index (χ4n) is 3.65. The number of carbonyl (C=O) groups is 1. The number of fused-ring (bicyclic) bond motifs is 1. The molecule has 3 rings (SSSR count). The normalized spacial score (nSPS) is 15.1. The predicted octanol–water partition coefficient (Wildman–Crippen LogP) is 4.52. The van der Waals surface area contributed by atoms with Gasteiger partial charge < -0.3 is 4.90 Å². The van der Waals surface area contributed by atoms with E-state index in [0.717, 1.165) is 34.7 Å². The van der Waals surface area contributed by atoms with Crippen LogP contribution < -0.4 is 9.21 Å². The van der Waals surface area contributed by atoms with E-state index < -0.39 is 16.1 Å². The minimum atomic E-state index is -3.76. The maximum atomic E-state index is 13.5. The molecule has 0 aliphatic carbocycles. The number of hydrogen-bond acceptors (Lipinski definition) is 3. The van der Waals surface area contributed by atoms with E-state index in [1.807, 2.05) is 24.3 Å². The zero-order chi connectivity index (χ0) is 20.5. The van der Waals surface area contributed by atoms with E-state index in [1.165, 1.54) is 18.2 Å². The van der Waals surface area contributed by atoms with Crippen molar-refractivity contribution in [3.63, 3.8) is 0 Å². The van der Waals surface area contributed by atoms with Crippen molar-refractivity contribution in [3.8, 4) is 0 Å². The zero-order valence-corrected chi connectivity index (χ0v) is 18.1. The number of rotatable bonds is 5. The summed E-state index contributed by atoms with van der Waals surface area (Å²) < 4.78 is 26.4. The van der Waals surface area contributed by atoms with Crippen LogP contribution in [-0.2, 0) is 21.2 Å². The Morgan fingerprint density at radius 3 is 2.43 bits per heavy atom. The highest BCUT2D eigenvalue weighted by molar-refractivity contribution is 7.92. The molecule has 1 aliphatic rings. The molecule has 0 unspecified atom stereocenters. The molecule has 150 valence electrons. The number of anilines is 2. The highest BCUT2D eigenvalue weighted by Crippen LogP contribution is 2.32. The fourth-order valence-corrected chi connectivity index (χ4v) is 5.36. The summed E-state index contributed by atoms with van der Waals surface area (Å²) in [6.07, 6.45) is 3.13. The standard InChI is InChI=1S/C20H22Cl2N2O3S/c1-3-18(20(25)23-10-6-8-14-7-4-5-9-19(14)23)24(28(2,26)27)17-12-15(21)11-16(22)13-17/h4-5,7,9,11-13,18H,3,6,8,10H2,1-2H3/t18-/m0/s1. The molecule has 2 aromatic carbocycles. The van der Waals surface area contributed by atoms with Gasteiger partial charge in [0, 0.05) is 22.3 Å². The number of sulfonamides is 1. The first-order valence-electron chi connectivity index (χ1n) is 9.07. The lowest BCUT2D eigenvalue weighted by molar-refractivity contribution is -0.119. The van der Waals surface area contributed by atoms with Crippen molar-refractivity contribution >= 4 is 50.5 Å². The first-order valence-corrected chi connectivity index (χ1v) is 11.7. The molecule has 8 heteroatoms. The minimum absolute atomic E-state index is 0.254. The van der Waals surface area contributed by atoms with Gasteiger partial charge in [-0.3, -0.25) is 9.10 Å². The molecule has 0 radical (unpaired) electrons. The first-order chi connectivity index (χ1) is 13.2. The van der Waals surface area contributed by atoms with E-state index in [2.05, 4.69) is 0 Å². The van der Waals surface area contributed by atoms with Gasteiger partial charge in [0.25, 0.3) is 5.91 Å². The van der Waals surface area contributed by atoms with E-state index in [-0.39, 0.29) is 11.6 Å². The molecule has 0 fully saturated rings. The number of nitrogens with zero attached hydrogens (tertiary/aromatic N) is 2. The molecule has 28 heavy (non-hydrogen) atoms. The van der Waals surface area contributed by atoms with Crippen LogP contribution in [0.2, 0.25) is 10.0 Å². The quantitative estimate of drug-likeness (QED) is 0.686. The van der Waals surface area contributed by atoms with Gasteiger partial charge in [-0.1, -0.05) is 48.3 Å². The predicted molar refractivity (Wildman–Crippen MR) is 115 cm³/mol. The van der Waals surface area contributed by atoms with Gasteiger partial charge in [-0.25, -0.2) is 8.42 Å². The van der Waals surface area contributed by atoms with Crippen molar-refractivity contribution in [3.05, 3.63) is 58.1 Å². The zero-order valence-electron chi connectivity index (χ0n) is 15.7. The third-order valence-electron chi connectivity index (χ3n) is 4.79. The van der Waals surface area contributed by atoms with Crippen LogP contribution >= 0.6 is 23.2 Å². The molecule has 0 N–H and O–H groups in total. The SMILES string of the molecule is CC[C@@H](C(=O)N1CCCc2ccccc21)N(c1cc(Cl)cc(Cl)c1)S(C)(=O)=O. The Labute approximate surface area is 175 Å². The van der Waals surface area contributed by atoms with Gasteiger partial charge in [0.05, 0.1) is 11.9 Å². The van der Waals surface area contributed by atoms with Crippen LogP contribution in [-0.4, -0.2) is 33.2 Å². The summed E-state index contributed by atoms with van der Waals surface area (Å²) in [5.74, 6) is -0.254. The summed E-state index contributed by atoms with van der Waals surface area (Å²) in [5.41, 5.74) is 2.22. The minimum Gasteiger partial charge on any atom is -0.310 e. The molecule has 0 spiro atoms. The molecule has 1 amide bonds. The van der Waals surface area contributed by atoms with Gasteiger partial charge in [-0.15, -0.1) is 0 Å². The highest BCUT2D eigenvalue weighted by atomic mass is 35.5. The van der Waals surface area contributed by atoms with Crippen molar-refractivity contribution in [1.82, 2.24) is 0 Å². The summed E-state index contributed by atoms with van der Waals surface area (Å²) in [7, 11) is -3.76. The molecule has 1 aliphatic heterocycles.